The van der Waals surface area contributed by atoms with Crippen molar-refractivity contribution in [2.24, 2.45) is 23.2 Å². The van der Waals surface area contributed by atoms with Gasteiger partial charge in [0.25, 0.3) is 0 Å². The zero-order chi connectivity index (χ0) is 17.4. The van der Waals surface area contributed by atoms with Crippen molar-refractivity contribution in [2.75, 3.05) is 0 Å². The number of hydrogen-bond acceptors (Lipinski definition) is 2. The van der Waals surface area contributed by atoms with Crippen LogP contribution in [0.15, 0.2) is 30.3 Å². The summed E-state index contributed by atoms with van der Waals surface area (Å²) in [5.74, 6) is 1.14. The van der Waals surface area contributed by atoms with Gasteiger partial charge >= 0.3 is 5.97 Å². The molecular formula is C21H27NO3. The van der Waals surface area contributed by atoms with Gasteiger partial charge in [0, 0.05) is 5.41 Å². The lowest BCUT2D eigenvalue weighted by Crippen LogP contribution is -2.56. The first kappa shape index (κ1) is 16.6. The molecule has 25 heavy (non-hydrogen) atoms. The monoisotopic (exact) mass is 341 g/mol. The molecule has 4 saturated carbocycles. The van der Waals surface area contributed by atoms with Crippen molar-refractivity contribution in [3.8, 4) is 0 Å². The van der Waals surface area contributed by atoms with E-state index in [1.807, 2.05) is 30.3 Å². The largest absolute Gasteiger partial charge is 0.480 e. The van der Waals surface area contributed by atoms with Gasteiger partial charge in [-0.3, -0.25) is 4.79 Å². The number of carbonyl (C=O) groups is 2. The van der Waals surface area contributed by atoms with Crippen LogP contribution in [0.4, 0.5) is 0 Å². The first-order valence-electron chi connectivity index (χ1n) is 9.62. The summed E-state index contributed by atoms with van der Waals surface area (Å²) < 4.78 is 0. The lowest BCUT2D eigenvalue weighted by Gasteiger charge is -2.55. The second-order valence-corrected chi connectivity index (χ2v) is 8.59. The Morgan fingerprint density at radius 3 is 2.12 bits per heavy atom. The molecule has 1 amide bonds. The number of benzene rings is 1. The van der Waals surface area contributed by atoms with Crippen LogP contribution in [0.3, 0.4) is 0 Å². The first-order chi connectivity index (χ1) is 12.0. The molecule has 1 aromatic rings. The predicted molar refractivity (Wildman–Crippen MR) is 94.9 cm³/mol. The minimum atomic E-state index is -0.922. The Hall–Kier alpha value is -1.84. The highest BCUT2D eigenvalue weighted by molar-refractivity contribution is 5.87. The van der Waals surface area contributed by atoms with Gasteiger partial charge < -0.3 is 10.4 Å². The van der Waals surface area contributed by atoms with Crippen molar-refractivity contribution in [2.45, 2.75) is 57.4 Å². The zero-order valence-electron chi connectivity index (χ0n) is 14.6. The highest BCUT2D eigenvalue weighted by atomic mass is 16.4. The highest BCUT2D eigenvalue weighted by Crippen LogP contribution is 2.60. The molecule has 4 heteroatoms. The Labute approximate surface area is 149 Å². The van der Waals surface area contributed by atoms with Crippen molar-refractivity contribution in [1.82, 2.24) is 5.32 Å². The Bertz CT molecular complexity index is 619. The highest BCUT2D eigenvalue weighted by Gasteiger charge is 2.54. The van der Waals surface area contributed by atoms with Crippen molar-refractivity contribution >= 4 is 11.9 Å². The lowest BCUT2D eigenvalue weighted by atomic mass is 9.49. The van der Waals surface area contributed by atoms with Crippen molar-refractivity contribution in [3.05, 3.63) is 35.9 Å². The predicted octanol–water partition coefficient (Wildman–Crippen LogP) is 3.41. The van der Waals surface area contributed by atoms with Crippen molar-refractivity contribution in [3.63, 3.8) is 0 Å². The average Bonchev–Trinajstić information content (AvgIpc) is 2.58. The van der Waals surface area contributed by atoms with E-state index in [0.29, 0.717) is 30.6 Å². The lowest BCUT2D eigenvalue weighted by molar-refractivity contribution is -0.151. The molecule has 0 aromatic heterocycles. The van der Waals surface area contributed by atoms with E-state index in [-0.39, 0.29) is 11.3 Å². The minimum absolute atomic E-state index is 0.00654. The Morgan fingerprint density at radius 1 is 1.04 bits per heavy atom. The summed E-state index contributed by atoms with van der Waals surface area (Å²) in [5, 5.41) is 12.5. The van der Waals surface area contributed by atoms with Gasteiger partial charge in [-0.25, -0.2) is 4.79 Å². The number of rotatable bonds is 6. The molecule has 4 aliphatic rings. The van der Waals surface area contributed by atoms with Crippen LogP contribution in [-0.4, -0.2) is 23.0 Å². The molecule has 0 spiro atoms. The summed E-state index contributed by atoms with van der Waals surface area (Å²) in [6.07, 6.45) is 7.85. The molecule has 134 valence electrons. The van der Waals surface area contributed by atoms with Crippen LogP contribution < -0.4 is 5.32 Å². The van der Waals surface area contributed by atoms with E-state index < -0.39 is 12.0 Å². The third-order valence-corrected chi connectivity index (χ3v) is 6.69. The van der Waals surface area contributed by atoms with Crippen LogP contribution in [-0.2, 0) is 16.0 Å². The van der Waals surface area contributed by atoms with E-state index in [4.69, 9.17) is 0 Å². The number of amides is 1. The molecule has 1 atom stereocenters. The second kappa shape index (κ2) is 6.47. The smallest absolute Gasteiger partial charge is 0.326 e. The fourth-order valence-corrected chi connectivity index (χ4v) is 5.91. The summed E-state index contributed by atoms with van der Waals surface area (Å²) in [5.41, 5.74) is 0.827. The SMILES string of the molecule is O=C(O)[C@H](CCc1ccccc1)NC(=O)C12CC3CC(CC(C3)C1)C2. The number of hydrogen-bond donors (Lipinski definition) is 2. The standard InChI is InChI=1S/C21H27NO3/c23-19(24)18(7-6-14-4-2-1-3-5-14)22-20(25)21-11-15-8-16(12-21)10-17(9-15)13-21/h1-5,15-18H,6-13H2,(H,22,25)(H,23,24)/t15?,16?,17?,18-,21?/m0/s1. The molecular weight excluding hydrogens is 314 g/mol. The van der Waals surface area contributed by atoms with E-state index in [1.165, 1.54) is 19.3 Å². The number of carbonyl (C=O) groups excluding carboxylic acids is 1. The van der Waals surface area contributed by atoms with Gasteiger partial charge in [0.15, 0.2) is 0 Å². The Kier molecular flexibility index (Phi) is 4.30. The molecule has 1 aromatic carbocycles. The third-order valence-electron chi connectivity index (χ3n) is 6.69. The van der Waals surface area contributed by atoms with Crippen LogP contribution in [0.25, 0.3) is 0 Å². The second-order valence-electron chi connectivity index (χ2n) is 8.59. The molecule has 0 saturated heterocycles. The minimum Gasteiger partial charge on any atom is -0.480 e. The van der Waals surface area contributed by atoms with Crippen molar-refractivity contribution < 1.29 is 14.7 Å². The fourth-order valence-electron chi connectivity index (χ4n) is 5.91. The van der Waals surface area contributed by atoms with Crippen LogP contribution >= 0.6 is 0 Å². The van der Waals surface area contributed by atoms with E-state index in [2.05, 4.69) is 5.32 Å². The van der Waals surface area contributed by atoms with Gasteiger partial charge in [0.05, 0.1) is 0 Å². The summed E-state index contributed by atoms with van der Waals surface area (Å²) in [7, 11) is 0. The summed E-state index contributed by atoms with van der Waals surface area (Å²) in [4.78, 5) is 24.7. The Balaban J connectivity index is 1.42. The first-order valence-corrected chi connectivity index (χ1v) is 9.62. The number of nitrogens with one attached hydrogen (secondary N) is 1. The Morgan fingerprint density at radius 2 is 1.60 bits per heavy atom. The van der Waals surface area contributed by atoms with Crippen LogP contribution in [0.2, 0.25) is 0 Å². The van der Waals surface area contributed by atoms with Crippen LogP contribution in [0.5, 0.6) is 0 Å². The maximum Gasteiger partial charge on any atom is 0.326 e. The average molecular weight is 341 g/mol. The topological polar surface area (TPSA) is 66.4 Å². The quantitative estimate of drug-likeness (QED) is 0.833. The third kappa shape index (κ3) is 3.31. The van der Waals surface area contributed by atoms with Gasteiger partial charge in [0.2, 0.25) is 5.91 Å². The van der Waals surface area contributed by atoms with Gasteiger partial charge in [-0.05, 0) is 74.7 Å². The molecule has 0 aliphatic heterocycles. The maximum absolute atomic E-state index is 13.0. The van der Waals surface area contributed by atoms with E-state index in [0.717, 1.165) is 24.8 Å². The van der Waals surface area contributed by atoms with Gasteiger partial charge in [0.1, 0.15) is 6.04 Å². The molecule has 4 bridgehead atoms. The van der Waals surface area contributed by atoms with E-state index >= 15 is 0 Å². The molecule has 4 fully saturated rings. The molecule has 4 nitrogen and oxygen atoms in total. The van der Waals surface area contributed by atoms with E-state index in [1.54, 1.807) is 0 Å². The van der Waals surface area contributed by atoms with E-state index in [9.17, 15) is 14.7 Å². The molecule has 4 aliphatic carbocycles. The van der Waals surface area contributed by atoms with Crippen LogP contribution in [0.1, 0.15) is 50.5 Å². The molecule has 2 N–H and O–H groups in total. The number of aliphatic carboxylic acids is 1. The number of carboxylic acid groups (broad SMARTS) is 1. The number of carboxylic acids is 1. The summed E-state index contributed by atoms with van der Waals surface area (Å²) in [6.45, 7) is 0. The van der Waals surface area contributed by atoms with Crippen LogP contribution in [0, 0.1) is 23.2 Å². The fraction of sp³-hybridized carbons (Fsp3) is 0.619. The summed E-state index contributed by atoms with van der Waals surface area (Å²) >= 11 is 0. The van der Waals surface area contributed by atoms with Gasteiger partial charge in [-0.1, -0.05) is 30.3 Å². The number of aryl methyl sites for hydroxylation is 1. The summed E-state index contributed by atoms with van der Waals surface area (Å²) in [6, 6.07) is 9.07. The normalized spacial score (nSPS) is 33.8. The van der Waals surface area contributed by atoms with Gasteiger partial charge in [-0.15, -0.1) is 0 Å². The molecule has 0 heterocycles. The zero-order valence-corrected chi connectivity index (χ0v) is 14.6. The molecule has 0 unspecified atom stereocenters. The van der Waals surface area contributed by atoms with Gasteiger partial charge in [-0.2, -0.15) is 0 Å². The maximum atomic E-state index is 13.0. The molecule has 0 radical (unpaired) electrons. The molecule has 5 rings (SSSR count). The van der Waals surface area contributed by atoms with Crippen molar-refractivity contribution in [1.29, 1.82) is 0 Å².